The van der Waals surface area contributed by atoms with E-state index in [0.29, 0.717) is 49.1 Å². The average Bonchev–Trinajstić information content (AvgIpc) is 3.33. The van der Waals surface area contributed by atoms with Crippen LogP contribution in [0.3, 0.4) is 0 Å². The summed E-state index contributed by atoms with van der Waals surface area (Å²) >= 11 is 0. The molecular formula is C28H37N3O3. The summed E-state index contributed by atoms with van der Waals surface area (Å²) in [6.45, 7) is 5.25. The Hall–Kier alpha value is -2.34. The Labute approximate surface area is 202 Å². The number of hydrogen-bond acceptors (Lipinski definition) is 4. The van der Waals surface area contributed by atoms with Gasteiger partial charge in [0.2, 0.25) is 5.91 Å². The maximum atomic E-state index is 12.8. The number of nitrogens with zero attached hydrogens (tertiary/aromatic N) is 3. The number of hydrogen-bond donors (Lipinski definition) is 1. The first-order chi connectivity index (χ1) is 16.5. The lowest BCUT2D eigenvalue weighted by atomic mass is 9.53. The van der Waals surface area contributed by atoms with E-state index in [2.05, 4.69) is 19.2 Å². The monoisotopic (exact) mass is 463 g/mol. The lowest BCUT2D eigenvalue weighted by Crippen LogP contribution is -2.44. The van der Waals surface area contributed by atoms with Crippen LogP contribution in [0, 0.1) is 11.8 Å². The van der Waals surface area contributed by atoms with Crippen LogP contribution in [0.2, 0.25) is 0 Å². The van der Waals surface area contributed by atoms with E-state index >= 15 is 0 Å². The molecule has 1 aliphatic heterocycles. The Morgan fingerprint density at radius 2 is 2.06 bits per heavy atom. The van der Waals surface area contributed by atoms with Gasteiger partial charge in [-0.2, -0.15) is 5.10 Å². The first-order valence-corrected chi connectivity index (χ1v) is 13.2. The van der Waals surface area contributed by atoms with Crippen molar-refractivity contribution in [2.24, 2.45) is 18.9 Å². The highest BCUT2D eigenvalue weighted by Gasteiger charge is 2.58. The summed E-state index contributed by atoms with van der Waals surface area (Å²) in [5.41, 5.74) is 5.67. The zero-order chi connectivity index (χ0) is 23.4. The van der Waals surface area contributed by atoms with Crippen molar-refractivity contribution < 1.29 is 14.6 Å². The van der Waals surface area contributed by atoms with Crippen molar-refractivity contribution in [3.8, 4) is 5.75 Å². The highest BCUT2D eigenvalue weighted by Crippen LogP contribution is 2.64. The zero-order valence-electron chi connectivity index (χ0n) is 20.5. The molecule has 2 heterocycles. The van der Waals surface area contributed by atoms with Crippen LogP contribution in [0.5, 0.6) is 5.75 Å². The maximum absolute atomic E-state index is 12.8. The van der Waals surface area contributed by atoms with Gasteiger partial charge in [-0.25, -0.2) is 0 Å². The summed E-state index contributed by atoms with van der Waals surface area (Å²) in [6.07, 6.45) is 9.46. The number of aryl methyl sites for hydroxylation is 2. The topological polar surface area (TPSA) is 67.6 Å². The van der Waals surface area contributed by atoms with Gasteiger partial charge in [0.05, 0.1) is 18.9 Å². The van der Waals surface area contributed by atoms with Crippen molar-refractivity contribution in [2.75, 3.05) is 26.3 Å². The molecule has 4 aliphatic rings. The van der Waals surface area contributed by atoms with E-state index in [1.54, 1.807) is 0 Å². The van der Waals surface area contributed by atoms with E-state index in [9.17, 15) is 9.90 Å². The predicted octanol–water partition coefficient (Wildman–Crippen LogP) is 4.27. The van der Waals surface area contributed by atoms with Gasteiger partial charge in [0, 0.05) is 38.2 Å². The SMILES string of the molecule is Cn1cc2c(n1)[C@@]1(C)CC[C@@H]3c4ccc(O)cc4CC[C@H]3[C@@H]1[C@H]2CCCC(=O)N1CCOCC1. The summed E-state index contributed by atoms with van der Waals surface area (Å²) in [6, 6.07) is 6.04. The number of benzene rings is 1. The molecule has 2 aromatic rings. The van der Waals surface area contributed by atoms with E-state index in [1.807, 2.05) is 28.8 Å². The molecular weight excluding hydrogens is 426 g/mol. The Bertz CT molecular complexity index is 1090. The fourth-order valence-electron chi connectivity index (χ4n) is 8.03. The van der Waals surface area contributed by atoms with E-state index in [4.69, 9.17) is 9.84 Å². The second-order valence-corrected chi connectivity index (χ2v) is 11.3. The third-order valence-electron chi connectivity index (χ3n) is 9.46. The van der Waals surface area contributed by atoms with E-state index in [1.165, 1.54) is 35.2 Å². The van der Waals surface area contributed by atoms with Crippen molar-refractivity contribution in [1.82, 2.24) is 14.7 Å². The molecule has 6 nitrogen and oxygen atoms in total. The summed E-state index contributed by atoms with van der Waals surface area (Å²) in [7, 11) is 2.05. The van der Waals surface area contributed by atoms with Gasteiger partial charge in [0.25, 0.3) is 0 Å². The number of aromatic hydroxyl groups is 1. The molecule has 34 heavy (non-hydrogen) atoms. The highest BCUT2D eigenvalue weighted by atomic mass is 16.5. The molecule has 182 valence electrons. The first-order valence-electron chi connectivity index (χ1n) is 13.2. The summed E-state index contributed by atoms with van der Waals surface area (Å²) in [4.78, 5) is 14.8. The molecule has 1 saturated heterocycles. The Morgan fingerprint density at radius 1 is 1.24 bits per heavy atom. The maximum Gasteiger partial charge on any atom is 0.222 e. The Morgan fingerprint density at radius 3 is 2.88 bits per heavy atom. The van der Waals surface area contributed by atoms with Gasteiger partial charge < -0.3 is 14.7 Å². The van der Waals surface area contributed by atoms with Gasteiger partial charge in [-0.15, -0.1) is 0 Å². The molecule has 0 unspecified atom stereocenters. The molecule has 1 aromatic heterocycles. The number of phenolic OH excluding ortho intramolecular Hbond substituents is 1. The molecule has 1 saturated carbocycles. The number of morpholine rings is 1. The highest BCUT2D eigenvalue weighted by molar-refractivity contribution is 5.76. The Balaban J connectivity index is 1.26. The minimum absolute atomic E-state index is 0.116. The van der Waals surface area contributed by atoms with Crippen LogP contribution in [-0.4, -0.2) is 52.0 Å². The van der Waals surface area contributed by atoms with Crippen LogP contribution in [0.1, 0.15) is 79.7 Å². The number of ether oxygens (including phenoxy) is 1. The zero-order valence-corrected chi connectivity index (χ0v) is 20.5. The molecule has 1 aromatic carbocycles. The van der Waals surface area contributed by atoms with Gasteiger partial charge >= 0.3 is 0 Å². The van der Waals surface area contributed by atoms with Crippen molar-refractivity contribution in [1.29, 1.82) is 0 Å². The normalized spacial score (nSPS) is 32.0. The fraction of sp³-hybridized carbons (Fsp3) is 0.643. The van der Waals surface area contributed by atoms with E-state index in [0.717, 1.165) is 38.8 Å². The van der Waals surface area contributed by atoms with Crippen LogP contribution < -0.4 is 0 Å². The number of fused-ring (bicyclic) bond motifs is 7. The van der Waals surface area contributed by atoms with Gasteiger partial charge in [0.1, 0.15) is 5.75 Å². The van der Waals surface area contributed by atoms with Crippen LogP contribution in [0.15, 0.2) is 24.4 Å². The molecule has 1 amide bonds. The van der Waals surface area contributed by atoms with Crippen molar-refractivity contribution >= 4 is 5.91 Å². The summed E-state index contributed by atoms with van der Waals surface area (Å²) in [5.74, 6) is 2.91. The number of rotatable bonds is 4. The quantitative estimate of drug-likeness (QED) is 0.736. The van der Waals surface area contributed by atoms with Gasteiger partial charge in [-0.1, -0.05) is 13.0 Å². The Kier molecular flexibility index (Phi) is 5.47. The smallest absolute Gasteiger partial charge is 0.222 e. The van der Waals surface area contributed by atoms with Crippen LogP contribution in [0.25, 0.3) is 0 Å². The molecule has 6 heteroatoms. The van der Waals surface area contributed by atoms with Crippen LogP contribution in [-0.2, 0) is 28.4 Å². The molecule has 0 bridgehead atoms. The van der Waals surface area contributed by atoms with Crippen molar-refractivity contribution in [2.45, 2.75) is 69.1 Å². The van der Waals surface area contributed by atoms with Crippen molar-refractivity contribution in [3.63, 3.8) is 0 Å². The minimum Gasteiger partial charge on any atom is -0.508 e. The second-order valence-electron chi connectivity index (χ2n) is 11.3. The van der Waals surface area contributed by atoms with Gasteiger partial charge in [-0.05, 0) is 91.0 Å². The molecule has 5 atom stereocenters. The lowest BCUT2D eigenvalue weighted by molar-refractivity contribution is -0.135. The number of carbonyl (C=O) groups excluding carboxylic acids is 1. The molecule has 0 spiro atoms. The molecule has 2 fully saturated rings. The standard InChI is InChI=1S/C28H37N3O3/c1-28-11-10-21-20-9-7-19(32)16-18(20)6-8-23(21)26(28)22(24-17-30(2)29-27(24)28)4-3-5-25(33)31-12-14-34-15-13-31/h7,9,16-17,21-23,26,32H,3-6,8,10-15H2,1-2H3/t21-,22+,23-,26+,28+/m1/s1. The number of carbonyl (C=O) groups is 1. The number of amides is 1. The number of phenols is 1. The molecule has 1 N–H and O–H groups in total. The van der Waals surface area contributed by atoms with E-state index < -0.39 is 0 Å². The largest absolute Gasteiger partial charge is 0.508 e. The lowest BCUT2D eigenvalue weighted by Gasteiger charge is -2.50. The summed E-state index contributed by atoms with van der Waals surface area (Å²) < 4.78 is 7.42. The fourth-order valence-corrected chi connectivity index (χ4v) is 8.03. The van der Waals surface area contributed by atoms with E-state index in [-0.39, 0.29) is 11.3 Å². The third kappa shape index (κ3) is 3.48. The predicted molar refractivity (Wildman–Crippen MR) is 130 cm³/mol. The van der Waals surface area contributed by atoms with Gasteiger partial charge in [-0.3, -0.25) is 9.48 Å². The first kappa shape index (κ1) is 22.1. The minimum atomic E-state index is 0.116. The molecule has 6 rings (SSSR count). The van der Waals surface area contributed by atoms with Gasteiger partial charge in [0.15, 0.2) is 0 Å². The number of aromatic nitrogens is 2. The average molecular weight is 464 g/mol. The third-order valence-corrected chi connectivity index (χ3v) is 9.46. The van der Waals surface area contributed by atoms with Crippen LogP contribution in [0.4, 0.5) is 0 Å². The summed E-state index contributed by atoms with van der Waals surface area (Å²) in [5, 5.41) is 15.0. The molecule has 3 aliphatic carbocycles. The second kappa shape index (κ2) is 8.40. The van der Waals surface area contributed by atoms with Crippen LogP contribution >= 0.6 is 0 Å². The molecule has 0 radical (unpaired) electrons. The van der Waals surface area contributed by atoms with Crippen molar-refractivity contribution in [3.05, 3.63) is 46.8 Å².